The minimum atomic E-state index is -4.55. The molecule has 0 saturated heterocycles. The molecule has 28 heavy (non-hydrogen) atoms. The van der Waals surface area contributed by atoms with Gasteiger partial charge in [-0.05, 0) is 13.3 Å². The number of fused-ring (bicyclic) bond motifs is 1. The fraction of sp³-hybridized carbons (Fsp3) is 0.375. The molecular weight excluding hydrogens is 397 g/mol. The molecular formula is C16H16ClF3N8. The first-order valence-corrected chi connectivity index (χ1v) is 8.95. The fourth-order valence-electron chi connectivity index (χ4n) is 3.13. The van der Waals surface area contributed by atoms with Crippen LogP contribution in [0.1, 0.15) is 30.8 Å². The van der Waals surface area contributed by atoms with Crippen molar-refractivity contribution in [1.82, 2.24) is 29.3 Å². The highest BCUT2D eigenvalue weighted by Gasteiger charge is 2.35. The highest BCUT2D eigenvalue weighted by atomic mass is 35.5. The van der Waals surface area contributed by atoms with Crippen molar-refractivity contribution in [2.75, 3.05) is 17.2 Å². The zero-order valence-corrected chi connectivity index (χ0v) is 15.5. The molecule has 148 valence electrons. The van der Waals surface area contributed by atoms with Gasteiger partial charge < -0.3 is 15.2 Å². The molecule has 0 bridgehead atoms. The lowest BCUT2D eigenvalue weighted by molar-refractivity contribution is -0.137. The summed E-state index contributed by atoms with van der Waals surface area (Å²) in [5.74, 6) is 0.568. The summed E-state index contributed by atoms with van der Waals surface area (Å²) in [5.41, 5.74) is -0.534. The maximum atomic E-state index is 13.1. The Morgan fingerprint density at radius 2 is 2.14 bits per heavy atom. The van der Waals surface area contributed by atoms with Gasteiger partial charge in [0, 0.05) is 31.7 Å². The lowest BCUT2D eigenvalue weighted by Crippen LogP contribution is -2.14. The number of alkyl halides is 3. The first kappa shape index (κ1) is 18.5. The zero-order chi connectivity index (χ0) is 19.9. The van der Waals surface area contributed by atoms with Crippen molar-refractivity contribution < 1.29 is 13.2 Å². The SMILES string of the molecule is CCNc1nc(Nc2cn([C@H]3CCn4ccnc43)nc2Cl)ncc1C(F)(F)F. The van der Waals surface area contributed by atoms with Crippen LogP contribution < -0.4 is 10.6 Å². The molecule has 0 fully saturated rings. The molecule has 0 aromatic carbocycles. The summed E-state index contributed by atoms with van der Waals surface area (Å²) in [7, 11) is 0. The van der Waals surface area contributed by atoms with Crippen molar-refractivity contribution in [2.24, 2.45) is 0 Å². The molecule has 0 amide bonds. The Kier molecular flexibility index (Phi) is 4.61. The molecule has 4 heterocycles. The molecule has 0 radical (unpaired) electrons. The highest BCUT2D eigenvalue weighted by molar-refractivity contribution is 6.32. The van der Waals surface area contributed by atoms with E-state index in [1.165, 1.54) is 0 Å². The molecule has 3 aromatic heterocycles. The van der Waals surface area contributed by atoms with Crippen LogP contribution in [0, 0.1) is 0 Å². The van der Waals surface area contributed by atoms with Crippen LogP contribution in [0.4, 0.5) is 30.6 Å². The molecule has 12 heteroatoms. The molecule has 4 rings (SSSR count). The normalized spacial score (nSPS) is 16.2. The predicted octanol–water partition coefficient (Wildman–Crippen LogP) is 3.71. The van der Waals surface area contributed by atoms with Gasteiger partial charge >= 0.3 is 6.18 Å². The van der Waals surface area contributed by atoms with Gasteiger partial charge in [0.1, 0.15) is 23.2 Å². The molecule has 3 aromatic rings. The second-order valence-electron chi connectivity index (χ2n) is 6.21. The van der Waals surface area contributed by atoms with Crippen molar-refractivity contribution in [3.8, 4) is 0 Å². The van der Waals surface area contributed by atoms with Crippen molar-refractivity contribution in [3.05, 3.63) is 41.3 Å². The van der Waals surface area contributed by atoms with Crippen LogP contribution in [0.25, 0.3) is 0 Å². The Hall–Kier alpha value is -2.82. The van der Waals surface area contributed by atoms with Gasteiger partial charge in [0.05, 0.1) is 11.9 Å². The topological polar surface area (TPSA) is 85.5 Å². The monoisotopic (exact) mass is 412 g/mol. The molecule has 8 nitrogen and oxygen atoms in total. The van der Waals surface area contributed by atoms with Gasteiger partial charge in [-0.15, -0.1) is 0 Å². The maximum Gasteiger partial charge on any atom is 0.421 e. The van der Waals surface area contributed by atoms with Crippen LogP contribution in [0.5, 0.6) is 0 Å². The van der Waals surface area contributed by atoms with E-state index in [4.69, 9.17) is 11.6 Å². The Balaban J connectivity index is 1.60. The second-order valence-corrected chi connectivity index (χ2v) is 6.56. The maximum absolute atomic E-state index is 13.1. The largest absolute Gasteiger partial charge is 0.421 e. The van der Waals surface area contributed by atoms with Gasteiger partial charge in [-0.3, -0.25) is 4.68 Å². The standard InChI is InChI=1S/C16H16ClF3N8/c1-2-21-13-9(16(18,19)20)7-23-15(25-13)24-10-8-28(26-12(10)17)11-3-5-27-6-4-22-14(11)27/h4,6-8,11H,2-3,5H2,1H3,(H2,21,23,24,25)/t11-/m0/s1. The molecule has 2 N–H and O–H groups in total. The zero-order valence-electron chi connectivity index (χ0n) is 14.7. The summed E-state index contributed by atoms with van der Waals surface area (Å²) in [6.45, 7) is 2.79. The number of aryl methyl sites for hydroxylation is 1. The summed E-state index contributed by atoms with van der Waals surface area (Å²) in [6, 6.07) is -0.0612. The Morgan fingerprint density at radius 3 is 2.89 bits per heavy atom. The third-order valence-electron chi connectivity index (χ3n) is 4.38. The van der Waals surface area contributed by atoms with Crippen LogP contribution in [-0.2, 0) is 12.7 Å². The van der Waals surface area contributed by atoms with E-state index in [-0.39, 0.29) is 29.5 Å². The van der Waals surface area contributed by atoms with Gasteiger partial charge in [-0.2, -0.15) is 23.3 Å². The van der Waals surface area contributed by atoms with Crippen LogP contribution >= 0.6 is 11.6 Å². The number of anilines is 3. The number of hydrogen-bond donors (Lipinski definition) is 2. The summed E-state index contributed by atoms with van der Waals surface area (Å²) in [5, 5.41) is 9.91. The minimum Gasteiger partial charge on any atom is -0.370 e. The van der Waals surface area contributed by atoms with E-state index < -0.39 is 11.7 Å². The average Bonchev–Trinajstić information content (AvgIpc) is 3.31. The number of halogens is 4. The molecule has 0 saturated carbocycles. The molecule has 0 unspecified atom stereocenters. The summed E-state index contributed by atoms with van der Waals surface area (Å²) in [4.78, 5) is 12.0. The lowest BCUT2D eigenvalue weighted by atomic mass is 10.2. The number of nitrogens with one attached hydrogen (secondary N) is 2. The number of nitrogens with zero attached hydrogens (tertiary/aromatic N) is 6. The Labute approximate surface area is 162 Å². The van der Waals surface area contributed by atoms with Crippen molar-refractivity contribution in [1.29, 1.82) is 0 Å². The number of imidazole rings is 1. The van der Waals surface area contributed by atoms with Gasteiger partial charge in [-0.1, -0.05) is 11.6 Å². The Morgan fingerprint density at radius 1 is 1.32 bits per heavy atom. The van der Waals surface area contributed by atoms with Crippen LogP contribution in [0.3, 0.4) is 0 Å². The quantitative estimate of drug-likeness (QED) is 0.664. The molecule has 1 aliphatic rings. The summed E-state index contributed by atoms with van der Waals surface area (Å²) >= 11 is 6.21. The Bertz CT molecular complexity index is 996. The third kappa shape index (κ3) is 3.37. The lowest BCUT2D eigenvalue weighted by Gasteiger charge is -2.13. The van der Waals surface area contributed by atoms with Crippen LogP contribution in [0.15, 0.2) is 24.8 Å². The molecule has 0 spiro atoms. The fourth-order valence-corrected chi connectivity index (χ4v) is 3.32. The van der Waals surface area contributed by atoms with Gasteiger partial charge in [0.15, 0.2) is 5.15 Å². The van der Waals surface area contributed by atoms with Gasteiger partial charge in [0.25, 0.3) is 0 Å². The third-order valence-corrected chi connectivity index (χ3v) is 4.66. The van der Waals surface area contributed by atoms with E-state index in [2.05, 4.69) is 30.7 Å². The smallest absolute Gasteiger partial charge is 0.370 e. The molecule has 1 atom stereocenters. The predicted molar refractivity (Wildman–Crippen MR) is 96.7 cm³/mol. The summed E-state index contributed by atoms with van der Waals surface area (Å²) < 4.78 is 43.0. The van der Waals surface area contributed by atoms with Gasteiger partial charge in [0.2, 0.25) is 5.95 Å². The van der Waals surface area contributed by atoms with Crippen molar-refractivity contribution in [3.63, 3.8) is 0 Å². The number of rotatable bonds is 5. The van der Waals surface area contributed by atoms with E-state index in [1.807, 2.05) is 10.8 Å². The molecule has 1 aliphatic heterocycles. The minimum absolute atomic E-state index is 0.0154. The highest BCUT2D eigenvalue weighted by Crippen LogP contribution is 2.35. The van der Waals surface area contributed by atoms with E-state index in [0.717, 1.165) is 25.0 Å². The van der Waals surface area contributed by atoms with Crippen molar-refractivity contribution in [2.45, 2.75) is 32.1 Å². The van der Waals surface area contributed by atoms with E-state index in [0.29, 0.717) is 5.69 Å². The van der Waals surface area contributed by atoms with Crippen LogP contribution in [0.2, 0.25) is 5.15 Å². The average molecular weight is 413 g/mol. The molecule has 0 aliphatic carbocycles. The number of hydrogen-bond acceptors (Lipinski definition) is 6. The summed E-state index contributed by atoms with van der Waals surface area (Å²) in [6.07, 6.45) is 2.30. The first-order valence-electron chi connectivity index (χ1n) is 8.57. The van der Waals surface area contributed by atoms with E-state index >= 15 is 0 Å². The van der Waals surface area contributed by atoms with Crippen LogP contribution in [-0.4, -0.2) is 35.8 Å². The second kappa shape index (κ2) is 6.97. The van der Waals surface area contributed by atoms with E-state index in [1.54, 1.807) is 24.0 Å². The first-order chi connectivity index (χ1) is 13.4. The van der Waals surface area contributed by atoms with Crippen molar-refractivity contribution >= 4 is 29.1 Å². The van der Waals surface area contributed by atoms with Gasteiger partial charge in [-0.25, -0.2) is 9.97 Å². The number of aromatic nitrogens is 6. The van der Waals surface area contributed by atoms with E-state index in [9.17, 15) is 13.2 Å².